The topological polar surface area (TPSA) is 76.0 Å². The lowest BCUT2D eigenvalue weighted by Crippen LogP contribution is -2.45. The van der Waals surface area contributed by atoms with Crippen molar-refractivity contribution < 1.29 is 4.79 Å². The number of anilines is 1. The van der Waals surface area contributed by atoms with Gasteiger partial charge in [0, 0.05) is 17.6 Å². The van der Waals surface area contributed by atoms with E-state index in [9.17, 15) is 9.59 Å². The van der Waals surface area contributed by atoms with E-state index in [1.54, 1.807) is 6.20 Å². The molecule has 0 aromatic carbocycles. The lowest BCUT2D eigenvalue weighted by atomic mass is 9.93. The number of amides is 1. The van der Waals surface area contributed by atoms with Crippen molar-refractivity contribution in [3.05, 3.63) is 22.6 Å². The zero-order valence-electron chi connectivity index (χ0n) is 13.0. The predicted octanol–water partition coefficient (Wildman–Crippen LogP) is 1.51. The summed E-state index contributed by atoms with van der Waals surface area (Å²) in [6.45, 7) is 5.86. The van der Waals surface area contributed by atoms with E-state index >= 15 is 0 Å². The second kappa shape index (κ2) is 6.28. The molecular formula is C15H24N4O2. The van der Waals surface area contributed by atoms with Gasteiger partial charge in [-0.25, -0.2) is 4.68 Å². The first-order chi connectivity index (χ1) is 9.89. The predicted molar refractivity (Wildman–Crippen MR) is 82.3 cm³/mol. The van der Waals surface area contributed by atoms with Crippen LogP contribution in [0.15, 0.2) is 17.1 Å². The minimum Gasteiger partial charge on any atom is -0.381 e. The van der Waals surface area contributed by atoms with Crippen LogP contribution in [0, 0.1) is 0 Å². The van der Waals surface area contributed by atoms with E-state index in [4.69, 9.17) is 0 Å². The van der Waals surface area contributed by atoms with Crippen molar-refractivity contribution in [1.82, 2.24) is 15.1 Å². The highest BCUT2D eigenvalue weighted by Crippen LogP contribution is 2.21. The van der Waals surface area contributed by atoms with Gasteiger partial charge >= 0.3 is 0 Å². The molecule has 2 N–H and O–H groups in total. The van der Waals surface area contributed by atoms with Crippen molar-refractivity contribution >= 4 is 11.6 Å². The van der Waals surface area contributed by atoms with E-state index < -0.39 is 0 Å². The monoisotopic (exact) mass is 292 g/mol. The molecule has 6 heteroatoms. The van der Waals surface area contributed by atoms with Crippen molar-refractivity contribution in [2.45, 2.75) is 64.6 Å². The van der Waals surface area contributed by atoms with Gasteiger partial charge in [-0.3, -0.25) is 9.59 Å². The third kappa shape index (κ3) is 4.31. The molecule has 1 aromatic rings. The third-order valence-corrected chi connectivity index (χ3v) is 4.00. The average molecular weight is 292 g/mol. The van der Waals surface area contributed by atoms with Gasteiger partial charge in [0.1, 0.15) is 6.54 Å². The molecule has 1 heterocycles. The lowest BCUT2D eigenvalue weighted by Gasteiger charge is -2.27. The van der Waals surface area contributed by atoms with Crippen LogP contribution >= 0.6 is 0 Å². The molecule has 116 valence electrons. The van der Waals surface area contributed by atoms with E-state index in [1.807, 2.05) is 20.8 Å². The molecule has 2 rings (SSSR count). The number of nitrogens with one attached hydrogen (secondary N) is 2. The summed E-state index contributed by atoms with van der Waals surface area (Å²) >= 11 is 0. The van der Waals surface area contributed by atoms with Crippen LogP contribution in [0.1, 0.15) is 46.5 Å². The molecule has 0 saturated heterocycles. The summed E-state index contributed by atoms with van der Waals surface area (Å²) in [6.07, 6.45) is 5.94. The molecule has 1 saturated carbocycles. The van der Waals surface area contributed by atoms with Crippen molar-refractivity contribution in [3.8, 4) is 0 Å². The van der Waals surface area contributed by atoms with Crippen molar-refractivity contribution in [2.75, 3.05) is 5.32 Å². The molecule has 1 aliphatic carbocycles. The molecule has 0 radical (unpaired) electrons. The molecule has 21 heavy (non-hydrogen) atoms. The van der Waals surface area contributed by atoms with Crippen molar-refractivity contribution in [3.63, 3.8) is 0 Å². The van der Waals surface area contributed by atoms with E-state index in [0.29, 0.717) is 6.04 Å². The average Bonchev–Trinajstić information content (AvgIpc) is 2.36. The maximum Gasteiger partial charge on any atom is 0.269 e. The number of aromatic nitrogens is 2. The summed E-state index contributed by atoms with van der Waals surface area (Å²) < 4.78 is 1.19. The summed E-state index contributed by atoms with van der Waals surface area (Å²) in [4.78, 5) is 23.9. The Morgan fingerprint density at radius 1 is 1.48 bits per heavy atom. The van der Waals surface area contributed by atoms with Crippen LogP contribution in [-0.4, -0.2) is 27.3 Å². The van der Waals surface area contributed by atoms with Crippen molar-refractivity contribution in [2.24, 2.45) is 0 Å². The number of rotatable bonds is 6. The van der Waals surface area contributed by atoms with Gasteiger partial charge in [-0.15, -0.1) is 0 Å². The van der Waals surface area contributed by atoms with Crippen LogP contribution in [-0.2, 0) is 11.3 Å². The van der Waals surface area contributed by atoms with Crippen molar-refractivity contribution in [1.29, 1.82) is 0 Å². The summed E-state index contributed by atoms with van der Waals surface area (Å²) in [5.74, 6) is -0.198. The first-order valence-corrected chi connectivity index (χ1v) is 7.54. The van der Waals surface area contributed by atoms with Crippen LogP contribution < -0.4 is 16.2 Å². The Balaban J connectivity index is 1.97. The van der Waals surface area contributed by atoms with Gasteiger partial charge in [0.2, 0.25) is 5.91 Å². The zero-order valence-corrected chi connectivity index (χ0v) is 13.0. The molecule has 0 spiro atoms. The Bertz CT molecular complexity index is 561. The highest BCUT2D eigenvalue weighted by molar-refractivity contribution is 5.76. The Hall–Kier alpha value is -1.85. The van der Waals surface area contributed by atoms with Crippen LogP contribution in [0.25, 0.3) is 0 Å². The second-order valence-corrected chi connectivity index (χ2v) is 6.30. The van der Waals surface area contributed by atoms with Gasteiger partial charge in [0.15, 0.2) is 0 Å². The summed E-state index contributed by atoms with van der Waals surface area (Å²) in [7, 11) is 0. The fourth-order valence-corrected chi connectivity index (χ4v) is 2.06. The summed E-state index contributed by atoms with van der Waals surface area (Å²) in [5.41, 5.74) is 0.200. The maximum atomic E-state index is 12.0. The Morgan fingerprint density at radius 3 is 2.71 bits per heavy atom. The van der Waals surface area contributed by atoms with Crippen LogP contribution in [0.4, 0.5) is 5.69 Å². The Kier molecular flexibility index (Phi) is 4.65. The lowest BCUT2D eigenvalue weighted by molar-refractivity contribution is -0.123. The Morgan fingerprint density at radius 2 is 2.19 bits per heavy atom. The Labute approximate surface area is 124 Å². The van der Waals surface area contributed by atoms with Crippen LogP contribution in [0.2, 0.25) is 0 Å². The molecule has 0 unspecified atom stereocenters. The molecule has 0 atom stereocenters. The highest BCUT2D eigenvalue weighted by atomic mass is 16.2. The fourth-order valence-electron chi connectivity index (χ4n) is 2.06. The largest absolute Gasteiger partial charge is 0.381 e. The second-order valence-electron chi connectivity index (χ2n) is 6.30. The van der Waals surface area contributed by atoms with E-state index in [0.717, 1.165) is 24.9 Å². The van der Waals surface area contributed by atoms with Gasteiger partial charge in [0.05, 0.1) is 11.9 Å². The standard InChI is InChI=1S/C15H24N4O2/c1-4-15(2,3)18-13(20)10-19-14(21)8-12(9-16-19)17-11-6-5-7-11/h8-9,11,17H,4-7,10H2,1-3H3,(H,18,20). The molecule has 0 bridgehead atoms. The first kappa shape index (κ1) is 15.5. The molecule has 1 aliphatic rings. The van der Waals surface area contributed by atoms with Crippen LogP contribution in [0.3, 0.4) is 0 Å². The van der Waals surface area contributed by atoms with E-state index in [-0.39, 0.29) is 23.6 Å². The van der Waals surface area contributed by atoms with Gasteiger partial charge in [-0.05, 0) is 39.5 Å². The first-order valence-electron chi connectivity index (χ1n) is 7.54. The van der Waals surface area contributed by atoms with Gasteiger partial charge in [-0.1, -0.05) is 6.92 Å². The van der Waals surface area contributed by atoms with E-state index in [1.165, 1.54) is 17.2 Å². The zero-order chi connectivity index (χ0) is 15.5. The number of carbonyl (C=O) groups excluding carboxylic acids is 1. The molecule has 0 aliphatic heterocycles. The third-order valence-electron chi connectivity index (χ3n) is 4.00. The molecular weight excluding hydrogens is 268 g/mol. The van der Waals surface area contributed by atoms with Gasteiger partial charge < -0.3 is 10.6 Å². The minimum absolute atomic E-state index is 0.0496. The number of carbonyl (C=O) groups is 1. The number of nitrogens with zero attached hydrogens (tertiary/aromatic N) is 2. The van der Waals surface area contributed by atoms with E-state index in [2.05, 4.69) is 15.7 Å². The molecule has 1 amide bonds. The molecule has 1 aromatic heterocycles. The summed E-state index contributed by atoms with van der Waals surface area (Å²) in [5, 5.41) is 10.2. The van der Waals surface area contributed by atoms with Gasteiger partial charge in [-0.2, -0.15) is 5.10 Å². The summed E-state index contributed by atoms with van der Waals surface area (Å²) in [6, 6.07) is 1.96. The fraction of sp³-hybridized carbons (Fsp3) is 0.667. The maximum absolute atomic E-state index is 12.0. The SMILES string of the molecule is CCC(C)(C)NC(=O)Cn1ncc(NC2CCC2)cc1=O. The minimum atomic E-state index is -0.271. The number of hydrogen-bond donors (Lipinski definition) is 2. The molecule has 1 fully saturated rings. The van der Waals surface area contributed by atoms with Crippen LogP contribution in [0.5, 0.6) is 0 Å². The van der Waals surface area contributed by atoms with Gasteiger partial charge in [0.25, 0.3) is 5.56 Å². The highest BCUT2D eigenvalue weighted by Gasteiger charge is 2.19. The number of hydrogen-bond acceptors (Lipinski definition) is 4. The quantitative estimate of drug-likeness (QED) is 0.833. The smallest absolute Gasteiger partial charge is 0.269 e. The normalized spacial score (nSPS) is 15.4. The molecule has 6 nitrogen and oxygen atoms in total.